The number of aliphatic hydroxyl groups is 1. The van der Waals surface area contributed by atoms with E-state index in [2.05, 4.69) is 12.2 Å². The van der Waals surface area contributed by atoms with Crippen molar-refractivity contribution in [2.45, 2.75) is 63.3 Å². The van der Waals surface area contributed by atoms with Gasteiger partial charge in [-0.1, -0.05) is 13.3 Å². The monoisotopic (exact) mass is 288 g/mol. The van der Waals surface area contributed by atoms with Crippen molar-refractivity contribution in [1.29, 1.82) is 0 Å². The lowest BCUT2D eigenvalue weighted by Crippen LogP contribution is -2.45. The molecule has 1 rings (SSSR count). The van der Waals surface area contributed by atoms with Crippen LogP contribution in [0.4, 0.5) is 4.79 Å². The third-order valence-corrected chi connectivity index (χ3v) is 4.82. The maximum atomic E-state index is 12.0. The van der Waals surface area contributed by atoms with Crippen LogP contribution < -0.4 is 5.32 Å². The summed E-state index contributed by atoms with van der Waals surface area (Å²) < 4.78 is 0. The Labute approximate surface area is 121 Å². The minimum atomic E-state index is -0.352. The molecule has 4 nitrogen and oxygen atoms in total. The van der Waals surface area contributed by atoms with Crippen molar-refractivity contribution in [3.8, 4) is 0 Å². The summed E-state index contributed by atoms with van der Waals surface area (Å²) in [5.74, 6) is 1.15. The minimum Gasteiger partial charge on any atom is -0.393 e. The van der Waals surface area contributed by atoms with Crippen molar-refractivity contribution in [1.82, 2.24) is 10.2 Å². The summed E-state index contributed by atoms with van der Waals surface area (Å²) in [4.78, 5) is 13.7. The molecule has 2 N–H and O–H groups in total. The van der Waals surface area contributed by atoms with E-state index < -0.39 is 0 Å². The third kappa shape index (κ3) is 6.52. The fourth-order valence-corrected chi connectivity index (χ4v) is 3.60. The van der Waals surface area contributed by atoms with Crippen LogP contribution in [0.2, 0.25) is 0 Å². The van der Waals surface area contributed by atoms with Crippen molar-refractivity contribution in [3.63, 3.8) is 0 Å². The highest BCUT2D eigenvalue weighted by Crippen LogP contribution is 2.28. The number of nitrogens with zero attached hydrogens (tertiary/aromatic N) is 1. The van der Waals surface area contributed by atoms with Crippen LogP contribution >= 0.6 is 11.8 Å². The molecule has 1 saturated carbocycles. The van der Waals surface area contributed by atoms with E-state index in [1.54, 1.807) is 18.9 Å². The van der Waals surface area contributed by atoms with Crippen molar-refractivity contribution in [3.05, 3.63) is 0 Å². The molecule has 112 valence electrons. The van der Waals surface area contributed by atoms with E-state index in [1.807, 2.05) is 11.8 Å². The van der Waals surface area contributed by atoms with E-state index >= 15 is 0 Å². The molecule has 2 amide bonds. The Morgan fingerprint density at radius 2 is 2.26 bits per heavy atom. The first-order chi connectivity index (χ1) is 9.02. The summed E-state index contributed by atoms with van der Waals surface area (Å²) in [5.41, 5.74) is 0. The largest absolute Gasteiger partial charge is 0.393 e. The summed E-state index contributed by atoms with van der Waals surface area (Å²) in [6.07, 6.45) is 4.95. The number of aliphatic hydroxyl groups excluding tert-OH is 1. The van der Waals surface area contributed by atoms with Gasteiger partial charge in [0.05, 0.1) is 6.10 Å². The van der Waals surface area contributed by atoms with Gasteiger partial charge < -0.3 is 15.3 Å². The van der Waals surface area contributed by atoms with Gasteiger partial charge in [-0.05, 0) is 38.4 Å². The first-order valence-corrected chi connectivity index (χ1v) is 8.39. The van der Waals surface area contributed by atoms with Gasteiger partial charge in [-0.3, -0.25) is 0 Å². The number of amides is 2. The van der Waals surface area contributed by atoms with Crippen molar-refractivity contribution >= 4 is 17.8 Å². The quantitative estimate of drug-likeness (QED) is 0.789. The van der Waals surface area contributed by atoms with Crippen molar-refractivity contribution < 1.29 is 9.90 Å². The van der Waals surface area contributed by atoms with Gasteiger partial charge in [-0.25, -0.2) is 4.79 Å². The van der Waals surface area contributed by atoms with Crippen molar-refractivity contribution in [2.75, 3.05) is 19.3 Å². The van der Waals surface area contributed by atoms with Crippen LogP contribution in [0, 0.1) is 0 Å². The maximum Gasteiger partial charge on any atom is 0.317 e. The van der Waals surface area contributed by atoms with Crippen LogP contribution in [0.15, 0.2) is 0 Å². The Kier molecular flexibility index (Phi) is 7.61. The number of hydrogen-bond acceptors (Lipinski definition) is 3. The number of urea groups is 1. The fraction of sp³-hybridized carbons (Fsp3) is 0.929. The number of rotatable bonds is 6. The second-order valence-electron chi connectivity index (χ2n) is 5.45. The van der Waals surface area contributed by atoms with Gasteiger partial charge in [0.15, 0.2) is 0 Å². The Morgan fingerprint density at radius 1 is 1.53 bits per heavy atom. The van der Waals surface area contributed by atoms with Crippen LogP contribution in [0.3, 0.4) is 0 Å². The average Bonchev–Trinajstić information content (AvgIpc) is 2.36. The van der Waals surface area contributed by atoms with E-state index in [4.69, 9.17) is 0 Å². The Morgan fingerprint density at radius 3 is 2.89 bits per heavy atom. The van der Waals surface area contributed by atoms with Crippen LogP contribution in [0.25, 0.3) is 0 Å². The van der Waals surface area contributed by atoms with Gasteiger partial charge in [0.1, 0.15) is 0 Å². The minimum absolute atomic E-state index is 0.00667. The molecule has 0 heterocycles. The molecular weight excluding hydrogens is 260 g/mol. The van der Waals surface area contributed by atoms with Crippen molar-refractivity contribution in [2.24, 2.45) is 0 Å². The summed E-state index contributed by atoms with van der Waals surface area (Å²) in [7, 11) is 1.79. The molecule has 5 heteroatoms. The maximum absolute atomic E-state index is 12.0. The van der Waals surface area contributed by atoms with Crippen LogP contribution in [-0.2, 0) is 0 Å². The standard InChI is InChI=1S/C14H28N2O2S/c1-4-19-13-7-5-6-12(10-13)15-14(18)16(3)9-8-11(2)17/h11-13,17H,4-10H2,1-3H3,(H,15,18). The molecule has 0 bridgehead atoms. The first-order valence-electron chi connectivity index (χ1n) is 7.34. The van der Waals surface area contributed by atoms with Gasteiger partial charge in [0, 0.05) is 24.9 Å². The topological polar surface area (TPSA) is 52.6 Å². The molecule has 3 unspecified atom stereocenters. The zero-order chi connectivity index (χ0) is 14.3. The van der Waals surface area contributed by atoms with E-state index in [0.29, 0.717) is 24.3 Å². The molecule has 1 aliphatic carbocycles. The molecular formula is C14H28N2O2S. The van der Waals surface area contributed by atoms with Gasteiger partial charge in [-0.2, -0.15) is 11.8 Å². The summed E-state index contributed by atoms with van der Waals surface area (Å²) in [6, 6.07) is 0.312. The predicted octanol–water partition coefficient (Wildman–Crippen LogP) is 2.46. The van der Waals surface area contributed by atoms with E-state index in [9.17, 15) is 9.90 Å². The Bertz CT molecular complexity index is 272. The first kappa shape index (κ1) is 16.6. The second-order valence-corrected chi connectivity index (χ2v) is 7.03. The van der Waals surface area contributed by atoms with E-state index in [1.165, 1.54) is 12.8 Å². The lowest BCUT2D eigenvalue weighted by Gasteiger charge is -2.30. The second kappa shape index (κ2) is 8.69. The molecule has 0 saturated heterocycles. The van der Waals surface area contributed by atoms with E-state index in [-0.39, 0.29) is 12.1 Å². The van der Waals surface area contributed by atoms with E-state index in [0.717, 1.165) is 18.6 Å². The third-order valence-electron chi connectivity index (χ3n) is 3.59. The lowest BCUT2D eigenvalue weighted by molar-refractivity contribution is 0.161. The molecule has 0 aromatic carbocycles. The summed E-state index contributed by atoms with van der Waals surface area (Å²) >= 11 is 2.01. The lowest BCUT2D eigenvalue weighted by atomic mass is 9.95. The number of thioether (sulfide) groups is 1. The van der Waals surface area contributed by atoms with Gasteiger partial charge in [-0.15, -0.1) is 0 Å². The number of carbonyl (C=O) groups excluding carboxylic acids is 1. The fourth-order valence-electron chi connectivity index (χ4n) is 2.43. The summed E-state index contributed by atoms with van der Waals surface area (Å²) in [6.45, 7) is 4.54. The Balaban J connectivity index is 2.30. The zero-order valence-corrected chi connectivity index (χ0v) is 13.2. The SMILES string of the molecule is CCSC1CCCC(NC(=O)N(C)CCC(C)O)C1. The molecule has 19 heavy (non-hydrogen) atoms. The molecule has 1 aliphatic rings. The molecule has 0 aromatic rings. The van der Waals surface area contributed by atoms with Gasteiger partial charge in [0.25, 0.3) is 0 Å². The highest BCUT2D eigenvalue weighted by molar-refractivity contribution is 7.99. The Hall–Kier alpha value is -0.420. The van der Waals surface area contributed by atoms with Crippen LogP contribution in [0.5, 0.6) is 0 Å². The highest BCUT2D eigenvalue weighted by atomic mass is 32.2. The number of hydrogen-bond donors (Lipinski definition) is 2. The molecule has 1 fully saturated rings. The predicted molar refractivity (Wildman–Crippen MR) is 81.6 cm³/mol. The average molecular weight is 288 g/mol. The molecule has 0 spiro atoms. The van der Waals surface area contributed by atoms with Crippen LogP contribution in [0.1, 0.15) is 46.0 Å². The molecule has 0 aliphatic heterocycles. The molecule has 3 atom stereocenters. The highest BCUT2D eigenvalue weighted by Gasteiger charge is 2.24. The summed E-state index contributed by atoms with van der Waals surface area (Å²) in [5, 5.41) is 13.1. The zero-order valence-electron chi connectivity index (χ0n) is 12.4. The van der Waals surface area contributed by atoms with Gasteiger partial charge in [0.2, 0.25) is 0 Å². The number of nitrogens with one attached hydrogen (secondary N) is 1. The molecule has 0 aromatic heterocycles. The molecule has 0 radical (unpaired) electrons. The van der Waals surface area contributed by atoms with Crippen LogP contribution in [-0.4, -0.2) is 52.8 Å². The normalized spacial score (nSPS) is 24.8. The van der Waals surface area contributed by atoms with Gasteiger partial charge >= 0.3 is 6.03 Å². The smallest absolute Gasteiger partial charge is 0.317 e. The number of carbonyl (C=O) groups is 1.